The van der Waals surface area contributed by atoms with Crippen LogP contribution in [0.4, 0.5) is 0 Å². The van der Waals surface area contributed by atoms with Gasteiger partial charge < -0.3 is 10.2 Å². The van der Waals surface area contributed by atoms with Crippen molar-refractivity contribution in [2.45, 2.75) is 19.4 Å². The van der Waals surface area contributed by atoms with E-state index in [0.29, 0.717) is 37.5 Å². The van der Waals surface area contributed by atoms with Crippen LogP contribution in [0.3, 0.4) is 0 Å². The highest BCUT2D eigenvalue weighted by atomic mass is 35.5. The number of hydrogen-bond donors (Lipinski definition) is 1. The van der Waals surface area contributed by atoms with Crippen LogP contribution in [0.5, 0.6) is 0 Å². The first-order chi connectivity index (χ1) is 13.1. The molecule has 27 heavy (non-hydrogen) atoms. The second kappa shape index (κ2) is 9.38. The first-order valence-corrected chi connectivity index (χ1v) is 9.54. The number of nitrogens with zero attached hydrogens (tertiary/aromatic N) is 1. The summed E-state index contributed by atoms with van der Waals surface area (Å²) < 4.78 is 0. The normalized spacial score (nSPS) is 15.1. The van der Waals surface area contributed by atoms with E-state index in [0.717, 1.165) is 11.1 Å². The summed E-state index contributed by atoms with van der Waals surface area (Å²) in [5, 5.41) is 3.64. The first kappa shape index (κ1) is 19.2. The summed E-state index contributed by atoms with van der Waals surface area (Å²) in [7, 11) is 0. The third-order valence-electron chi connectivity index (χ3n) is 4.75. The van der Waals surface area contributed by atoms with E-state index >= 15 is 0 Å². The maximum Gasteiger partial charge on any atom is 0.246 e. The number of nitrogens with one attached hydrogen (secondary N) is 1. The Labute approximate surface area is 164 Å². The summed E-state index contributed by atoms with van der Waals surface area (Å²) in [6.07, 6.45) is 4.81. The van der Waals surface area contributed by atoms with Crippen LogP contribution in [0.1, 0.15) is 24.0 Å². The van der Waals surface area contributed by atoms with E-state index in [1.807, 2.05) is 60.7 Å². The highest BCUT2D eigenvalue weighted by molar-refractivity contribution is 6.30. The quantitative estimate of drug-likeness (QED) is 0.797. The fourth-order valence-electron chi connectivity index (χ4n) is 3.18. The second-order valence-corrected chi connectivity index (χ2v) is 7.13. The van der Waals surface area contributed by atoms with Crippen LogP contribution in [0.15, 0.2) is 60.7 Å². The lowest BCUT2D eigenvalue weighted by atomic mass is 9.95. The number of piperidine rings is 1. The minimum atomic E-state index is -0.0497. The Bertz CT molecular complexity index is 812. The van der Waals surface area contributed by atoms with Crippen molar-refractivity contribution in [2.24, 2.45) is 5.92 Å². The predicted octanol–water partition coefficient (Wildman–Crippen LogP) is 3.91. The summed E-state index contributed by atoms with van der Waals surface area (Å²) >= 11 is 5.96. The van der Waals surface area contributed by atoms with Gasteiger partial charge in [-0.15, -0.1) is 0 Å². The summed E-state index contributed by atoms with van der Waals surface area (Å²) in [6, 6.07) is 17.2. The van der Waals surface area contributed by atoms with Gasteiger partial charge in [0.15, 0.2) is 0 Å². The van der Waals surface area contributed by atoms with E-state index in [4.69, 9.17) is 11.6 Å². The van der Waals surface area contributed by atoms with E-state index in [9.17, 15) is 9.59 Å². The monoisotopic (exact) mass is 382 g/mol. The number of likely N-dealkylation sites (tertiary alicyclic amines) is 1. The van der Waals surface area contributed by atoms with Crippen molar-refractivity contribution in [1.29, 1.82) is 0 Å². The molecule has 0 aliphatic carbocycles. The molecule has 1 fully saturated rings. The molecule has 2 aromatic rings. The third-order valence-corrected chi connectivity index (χ3v) is 4.99. The second-order valence-electron chi connectivity index (χ2n) is 6.69. The Morgan fingerprint density at radius 1 is 1.07 bits per heavy atom. The molecular formula is C22H23ClN2O2. The van der Waals surface area contributed by atoms with Gasteiger partial charge in [-0.2, -0.15) is 0 Å². The van der Waals surface area contributed by atoms with Crippen LogP contribution < -0.4 is 5.32 Å². The molecular weight excluding hydrogens is 360 g/mol. The zero-order valence-electron chi connectivity index (χ0n) is 15.1. The van der Waals surface area contributed by atoms with Crippen molar-refractivity contribution in [1.82, 2.24) is 10.2 Å². The highest BCUT2D eigenvalue weighted by Gasteiger charge is 2.26. The largest absolute Gasteiger partial charge is 0.352 e. The van der Waals surface area contributed by atoms with E-state index in [1.165, 1.54) is 0 Å². The number of hydrogen-bond acceptors (Lipinski definition) is 2. The SMILES string of the molecule is O=C(NCc1cccc(Cl)c1)C1CCN(C(=O)C=Cc2ccccc2)CC1. The van der Waals surface area contributed by atoms with Crippen LogP contribution >= 0.6 is 11.6 Å². The lowest BCUT2D eigenvalue weighted by Gasteiger charge is -2.30. The zero-order chi connectivity index (χ0) is 19.1. The Morgan fingerprint density at radius 2 is 1.81 bits per heavy atom. The fourth-order valence-corrected chi connectivity index (χ4v) is 3.39. The van der Waals surface area contributed by atoms with E-state index < -0.39 is 0 Å². The molecule has 1 aliphatic rings. The Hall–Kier alpha value is -2.59. The summed E-state index contributed by atoms with van der Waals surface area (Å²) in [6.45, 7) is 1.68. The topological polar surface area (TPSA) is 49.4 Å². The molecule has 0 bridgehead atoms. The molecule has 0 spiro atoms. The average molecular weight is 383 g/mol. The predicted molar refractivity (Wildman–Crippen MR) is 108 cm³/mol. The van der Waals surface area contributed by atoms with Crippen LogP contribution in [-0.4, -0.2) is 29.8 Å². The molecule has 0 radical (unpaired) electrons. The van der Waals surface area contributed by atoms with Gasteiger partial charge in [0.05, 0.1) is 0 Å². The van der Waals surface area contributed by atoms with Gasteiger partial charge in [0.1, 0.15) is 0 Å². The molecule has 0 aromatic heterocycles. The molecule has 0 saturated carbocycles. The molecule has 5 heteroatoms. The Balaban J connectivity index is 1.44. The Morgan fingerprint density at radius 3 is 2.52 bits per heavy atom. The summed E-state index contributed by atoms with van der Waals surface area (Å²) in [5.74, 6) is -0.00937. The summed E-state index contributed by atoms with van der Waals surface area (Å²) in [4.78, 5) is 26.5. The molecule has 0 unspecified atom stereocenters. The number of amides is 2. The lowest BCUT2D eigenvalue weighted by molar-refractivity contribution is -0.132. The third kappa shape index (κ3) is 5.69. The van der Waals surface area contributed by atoms with Crippen LogP contribution in [-0.2, 0) is 16.1 Å². The van der Waals surface area contributed by atoms with Crippen LogP contribution in [0, 0.1) is 5.92 Å². The lowest BCUT2D eigenvalue weighted by Crippen LogP contribution is -2.42. The highest BCUT2D eigenvalue weighted by Crippen LogP contribution is 2.18. The number of halogens is 1. The smallest absolute Gasteiger partial charge is 0.246 e. The number of rotatable bonds is 5. The zero-order valence-corrected chi connectivity index (χ0v) is 15.9. The molecule has 1 N–H and O–H groups in total. The molecule has 4 nitrogen and oxygen atoms in total. The molecule has 3 rings (SSSR count). The molecule has 2 aromatic carbocycles. The molecule has 1 heterocycles. The van der Waals surface area contributed by atoms with Gasteiger partial charge in [0.25, 0.3) is 0 Å². The number of carbonyl (C=O) groups excluding carboxylic acids is 2. The summed E-state index contributed by atoms with van der Waals surface area (Å²) in [5.41, 5.74) is 1.98. The van der Waals surface area contributed by atoms with Crippen LogP contribution in [0.25, 0.3) is 6.08 Å². The van der Waals surface area contributed by atoms with Crippen molar-refractivity contribution in [3.63, 3.8) is 0 Å². The minimum absolute atomic E-state index is 0.00311. The van der Waals surface area contributed by atoms with Gasteiger partial charge in [0, 0.05) is 36.7 Å². The van der Waals surface area contributed by atoms with Crippen molar-refractivity contribution < 1.29 is 9.59 Å². The van der Waals surface area contributed by atoms with Crippen molar-refractivity contribution >= 4 is 29.5 Å². The molecule has 0 atom stereocenters. The molecule has 140 valence electrons. The standard InChI is InChI=1S/C22H23ClN2O2/c23-20-8-4-7-18(15-20)16-24-22(27)19-11-13-25(14-12-19)21(26)10-9-17-5-2-1-3-6-17/h1-10,15,19H,11-14,16H2,(H,24,27). The van der Waals surface area contributed by atoms with Gasteiger partial charge in [-0.3, -0.25) is 9.59 Å². The van der Waals surface area contributed by atoms with Gasteiger partial charge in [0.2, 0.25) is 11.8 Å². The number of benzene rings is 2. The van der Waals surface area contributed by atoms with E-state index in [1.54, 1.807) is 11.0 Å². The minimum Gasteiger partial charge on any atom is -0.352 e. The number of carbonyl (C=O) groups is 2. The van der Waals surface area contributed by atoms with Gasteiger partial charge >= 0.3 is 0 Å². The van der Waals surface area contributed by atoms with Crippen LogP contribution in [0.2, 0.25) is 5.02 Å². The van der Waals surface area contributed by atoms with Crippen molar-refractivity contribution in [2.75, 3.05) is 13.1 Å². The van der Waals surface area contributed by atoms with E-state index in [2.05, 4.69) is 5.32 Å². The molecule has 1 saturated heterocycles. The van der Waals surface area contributed by atoms with Gasteiger partial charge in [-0.25, -0.2) is 0 Å². The van der Waals surface area contributed by atoms with Gasteiger partial charge in [-0.05, 0) is 42.2 Å². The first-order valence-electron chi connectivity index (χ1n) is 9.16. The van der Waals surface area contributed by atoms with Crippen molar-refractivity contribution in [3.8, 4) is 0 Å². The maximum atomic E-state index is 12.4. The fraction of sp³-hybridized carbons (Fsp3) is 0.273. The molecule has 1 aliphatic heterocycles. The van der Waals surface area contributed by atoms with Crippen molar-refractivity contribution in [3.05, 3.63) is 76.8 Å². The molecule has 2 amide bonds. The Kier molecular flexibility index (Phi) is 6.66. The van der Waals surface area contributed by atoms with E-state index in [-0.39, 0.29) is 17.7 Å². The average Bonchev–Trinajstić information content (AvgIpc) is 2.71. The van der Waals surface area contributed by atoms with Gasteiger partial charge in [-0.1, -0.05) is 54.1 Å². The maximum absolute atomic E-state index is 12.4.